The molecule has 0 saturated carbocycles. The van der Waals surface area contributed by atoms with E-state index in [4.69, 9.17) is 16.3 Å². The first-order valence-corrected chi connectivity index (χ1v) is 6.62. The molecule has 2 aromatic rings. The number of aryl methyl sites for hydroxylation is 1. The number of nitrogens with zero attached hydrogens (tertiary/aromatic N) is 2. The number of hydrogen-bond donors (Lipinski definition) is 1. The van der Waals surface area contributed by atoms with Crippen LogP contribution in [0.1, 0.15) is 5.69 Å². The Bertz CT molecular complexity index is 817. The summed E-state index contributed by atoms with van der Waals surface area (Å²) in [4.78, 5) is 11.5. The maximum Gasteiger partial charge on any atom is 0.433 e. The number of alkyl halides is 3. The number of nitrogens with one attached hydrogen (secondary N) is 1. The van der Waals surface area contributed by atoms with Crippen LogP contribution in [-0.2, 0) is 18.0 Å². The molecule has 1 amide bonds. The highest BCUT2D eigenvalue weighted by molar-refractivity contribution is 6.33. The molecule has 1 aromatic carbocycles. The lowest BCUT2D eigenvalue weighted by Crippen LogP contribution is -2.26. The van der Waals surface area contributed by atoms with E-state index in [1.807, 2.05) is 0 Å². The molecule has 122 valence electrons. The van der Waals surface area contributed by atoms with Crippen molar-refractivity contribution < 1.29 is 27.1 Å². The fourth-order valence-corrected chi connectivity index (χ4v) is 2.52. The molecule has 1 aliphatic rings. The standard InChI is InChI=1S/C13H8ClF4N3O2/c1-21-8(13(16,17)18)3-7(20-21)10-6(15)2-5(14)12-11(10)19-9(22)4-23-12/h2-3H,4H2,1H3,(H,19,22). The summed E-state index contributed by atoms with van der Waals surface area (Å²) < 4.78 is 58.6. The summed E-state index contributed by atoms with van der Waals surface area (Å²) in [5, 5.41) is 5.93. The topological polar surface area (TPSA) is 56.2 Å². The third-order valence-corrected chi connectivity index (χ3v) is 3.51. The molecule has 0 atom stereocenters. The second kappa shape index (κ2) is 5.12. The second-order valence-corrected chi connectivity index (χ2v) is 5.20. The zero-order valence-corrected chi connectivity index (χ0v) is 12.2. The van der Waals surface area contributed by atoms with Crippen LogP contribution in [0, 0.1) is 5.82 Å². The number of amides is 1. The van der Waals surface area contributed by atoms with Gasteiger partial charge in [0.1, 0.15) is 11.5 Å². The van der Waals surface area contributed by atoms with Gasteiger partial charge in [0.25, 0.3) is 5.91 Å². The Kier molecular flexibility index (Phi) is 3.47. The maximum atomic E-state index is 14.3. The number of benzene rings is 1. The van der Waals surface area contributed by atoms with Crippen molar-refractivity contribution in [2.45, 2.75) is 6.18 Å². The van der Waals surface area contributed by atoms with Crippen molar-refractivity contribution in [1.29, 1.82) is 0 Å². The van der Waals surface area contributed by atoms with Gasteiger partial charge in [-0.2, -0.15) is 18.3 Å². The van der Waals surface area contributed by atoms with Crippen LogP contribution in [0.3, 0.4) is 0 Å². The fraction of sp³-hybridized carbons (Fsp3) is 0.231. The van der Waals surface area contributed by atoms with E-state index in [1.54, 1.807) is 0 Å². The predicted octanol–water partition coefficient (Wildman–Crippen LogP) is 3.23. The van der Waals surface area contributed by atoms with Gasteiger partial charge in [-0.05, 0) is 12.1 Å². The van der Waals surface area contributed by atoms with E-state index in [1.165, 1.54) is 0 Å². The SMILES string of the molecule is Cn1nc(-c2c(F)cc(Cl)c3c2NC(=O)CO3)cc1C(F)(F)F. The van der Waals surface area contributed by atoms with Gasteiger partial charge >= 0.3 is 6.18 Å². The van der Waals surface area contributed by atoms with Crippen molar-refractivity contribution in [3.63, 3.8) is 0 Å². The Balaban J connectivity index is 2.23. The van der Waals surface area contributed by atoms with E-state index in [9.17, 15) is 22.4 Å². The zero-order chi connectivity index (χ0) is 16.9. The summed E-state index contributed by atoms with van der Waals surface area (Å²) in [5.74, 6) is -1.51. The molecule has 1 aromatic heterocycles. The van der Waals surface area contributed by atoms with Crippen molar-refractivity contribution in [2.24, 2.45) is 7.05 Å². The van der Waals surface area contributed by atoms with Crippen molar-refractivity contribution in [3.05, 3.63) is 28.7 Å². The molecule has 0 saturated heterocycles. The minimum absolute atomic E-state index is 0.0121. The number of hydrogen-bond acceptors (Lipinski definition) is 3. The lowest BCUT2D eigenvalue weighted by Gasteiger charge is -2.21. The molecule has 5 nitrogen and oxygen atoms in total. The van der Waals surface area contributed by atoms with Crippen LogP contribution in [0.5, 0.6) is 5.75 Å². The molecule has 0 radical (unpaired) electrons. The first-order valence-electron chi connectivity index (χ1n) is 6.24. The Hall–Kier alpha value is -2.29. The van der Waals surface area contributed by atoms with Gasteiger partial charge in [0.05, 0.1) is 22.0 Å². The van der Waals surface area contributed by atoms with Crippen LogP contribution in [0.15, 0.2) is 12.1 Å². The fourth-order valence-electron chi connectivity index (χ4n) is 2.28. The molecule has 2 heterocycles. The van der Waals surface area contributed by atoms with E-state index < -0.39 is 23.6 Å². The van der Waals surface area contributed by atoms with Crippen LogP contribution < -0.4 is 10.1 Å². The molecule has 1 N–H and O–H groups in total. The molecular formula is C13H8ClF4N3O2. The maximum absolute atomic E-state index is 14.3. The van der Waals surface area contributed by atoms with Crippen LogP contribution in [0.25, 0.3) is 11.3 Å². The number of fused-ring (bicyclic) bond motifs is 1. The van der Waals surface area contributed by atoms with Crippen LogP contribution >= 0.6 is 11.6 Å². The minimum Gasteiger partial charge on any atom is -0.480 e. The Labute approximate surface area is 131 Å². The number of aromatic nitrogens is 2. The summed E-state index contributed by atoms with van der Waals surface area (Å²) in [6.07, 6.45) is -4.65. The number of halogens is 5. The molecule has 0 fully saturated rings. The molecule has 10 heteroatoms. The van der Waals surface area contributed by atoms with E-state index in [0.717, 1.165) is 13.1 Å². The van der Waals surface area contributed by atoms with Gasteiger partial charge in [-0.3, -0.25) is 9.48 Å². The monoisotopic (exact) mass is 349 g/mol. The van der Waals surface area contributed by atoms with Gasteiger partial charge < -0.3 is 10.1 Å². The van der Waals surface area contributed by atoms with Gasteiger partial charge in [-0.1, -0.05) is 11.6 Å². The van der Waals surface area contributed by atoms with E-state index >= 15 is 0 Å². The Morgan fingerprint density at radius 3 is 2.70 bits per heavy atom. The van der Waals surface area contributed by atoms with E-state index in [-0.39, 0.29) is 34.3 Å². The normalized spacial score (nSPS) is 14.3. The lowest BCUT2D eigenvalue weighted by molar-refractivity contribution is -0.143. The number of carbonyl (C=O) groups excluding carboxylic acids is 1. The molecular weight excluding hydrogens is 342 g/mol. The molecule has 0 unspecified atom stereocenters. The average Bonchev–Trinajstić information content (AvgIpc) is 2.80. The van der Waals surface area contributed by atoms with Gasteiger partial charge in [0, 0.05) is 7.05 Å². The lowest BCUT2D eigenvalue weighted by atomic mass is 10.1. The number of carbonyl (C=O) groups is 1. The summed E-state index contributed by atoms with van der Waals surface area (Å²) in [5.41, 5.74) is -1.81. The minimum atomic E-state index is -4.65. The molecule has 0 bridgehead atoms. The molecule has 0 aliphatic carbocycles. The van der Waals surface area contributed by atoms with Crippen molar-refractivity contribution in [2.75, 3.05) is 11.9 Å². The predicted molar refractivity (Wildman–Crippen MR) is 72.7 cm³/mol. The van der Waals surface area contributed by atoms with E-state index in [0.29, 0.717) is 10.7 Å². The summed E-state index contributed by atoms with van der Waals surface area (Å²) in [6, 6.07) is 1.59. The first-order chi connectivity index (χ1) is 10.7. The summed E-state index contributed by atoms with van der Waals surface area (Å²) in [6.45, 7) is -0.326. The van der Waals surface area contributed by atoms with Gasteiger partial charge in [-0.25, -0.2) is 4.39 Å². The molecule has 0 spiro atoms. The first kappa shape index (κ1) is 15.6. The number of ether oxygens (including phenoxy) is 1. The van der Waals surface area contributed by atoms with Crippen LogP contribution in [0.2, 0.25) is 5.02 Å². The second-order valence-electron chi connectivity index (χ2n) is 4.79. The van der Waals surface area contributed by atoms with Crippen molar-refractivity contribution >= 4 is 23.2 Å². The highest BCUT2D eigenvalue weighted by atomic mass is 35.5. The van der Waals surface area contributed by atoms with E-state index in [2.05, 4.69) is 10.4 Å². The third kappa shape index (κ3) is 2.61. The summed E-state index contributed by atoms with van der Waals surface area (Å²) >= 11 is 5.84. The van der Waals surface area contributed by atoms with Gasteiger partial charge in [0.2, 0.25) is 0 Å². The largest absolute Gasteiger partial charge is 0.480 e. The number of anilines is 1. The molecule has 23 heavy (non-hydrogen) atoms. The summed E-state index contributed by atoms with van der Waals surface area (Å²) in [7, 11) is 1.08. The highest BCUT2D eigenvalue weighted by Crippen LogP contribution is 2.44. The highest BCUT2D eigenvalue weighted by Gasteiger charge is 2.36. The van der Waals surface area contributed by atoms with Gasteiger partial charge in [-0.15, -0.1) is 0 Å². The molecule has 1 aliphatic heterocycles. The zero-order valence-electron chi connectivity index (χ0n) is 11.5. The average molecular weight is 350 g/mol. The van der Waals surface area contributed by atoms with Gasteiger partial charge in [0.15, 0.2) is 12.4 Å². The van der Waals surface area contributed by atoms with Crippen molar-refractivity contribution in [3.8, 4) is 17.0 Å². The Morgan fingerprint density at radius 2 is 2.09 bits per heavy atom. The van der Waals surface area contributed by atoms with Crippen LogP contribution in [0.4, 0.5) is 23.2 Å². The van der Waals surface area contributed by atoms with Crippen molar-refractivity contribution in [1.82, 2.24) is 9.78 Å². The number of rotatable bonds is 1. The Morgan fingerprint density at radius 1 is 1.39 bits per heavy atom. The molecule has 3 rings (SSSR count). The smallest absolute Gasteiger partial charge is 0.433 e. The third-order valence-electron chi connectivity index (χ3n) is 3.22. The van der Waals surface area contributed by atoms with Crippen LogP contribution in [-0.4, -0.2) is 22.3 Å². The quantitative estimate of drug-likeness (QED) is 0.804.